The first kappa shape index (κ1) is 23.7. The van der Waals surface area contributed by atoms with Crippen LogP contribution in [0.2, 0.25) is 0 Å². The first-order chi connectivity index (χ1) is 12.7. The normalized spacial score (nSPS) is 12.2. The quantitative estimate of drug-likeness (QED) is 0.306. The van der Waals surface area contributed by atoms with Crippen LogP contribution in [-0.4, -0.2) is 38.2 Å². The van der Waals surface area contributed by atoms with Gasteiger partial charge in [-0.15, -0.1) is 35.3 Å². The lowest BCUT2D eigenvalue weighted by atomic mass is 9.98. The fourth-order valence-electron chi connectivity index (χ4n) is 2.64. The predicted molar refractivity (Wildman–Crippen MR) is 126 cm³/mol. The van der Waals surface area contributed by atoms with Gasteiger partial charge < -0.3 is 15.4 Å². The van der Waals surface area contributed by atoms with Gasteiger partial charge in [-0.3, -0.25) is 4.99 Å². The second kappa shape index (κ2) is 12.9. The summed E-state index contributed by atoms with van der Waals surface area (Å²) in [6.07, 6.45) is 5.00. The van der Waals surface area contributed by atoms with Gasteiger partial charge >= 0.3 is 0 Å². The van der Waals surface area contributed by atoms with E-state index in [2.05, 4.69) is 46.6 Å². The molecule has 0 amide bonds. The molecule has 1 heterocycles. The summed E-state index contributed by atoms with van der Waals surface area (Å²) in [6, 6.07) is 8.30. The molecule has 0 aliphatic carbocycles. The smallest absolute Gasteiger partial charge is 0.190 e. The average Bonchev–Trinajstić information content (AvgIpc) is 3.14. The number of aliphatic imine (C=N–C) groups is 1. The van der Waals surface area contributed by atoms with Crippen molar-refractivity contribution in [3.05, 3.63) is 45.9 Å². The third-order valence-electron chi connectivity index (χ3n) is 4.36. The Kier molecular flexibility index (Phi) is 11.3. The Morgan fingerprint density at radius 1 is 1.22 bits per heavy atom. The van der Waals surface area contributed by atoms with Gasteiger partial charge in [0, 0.05) is 37.6 Å². The number of rotatable bonds is 9. The van der Waals surface area contributed by atoms with E-state index in [0.717, 1.165) is 44.1 Å². The van der Waals surface area contributed by atoms with Gasteiger partial charge in [-0.2, -0.15) is 0 Å². The molecule has 0 bridgehead atoms. The number of nitrogens with one attached hydrogen (secondary N) is 2. The van der Waals surface area contributed by atoms with E-state index in [9.17, 15) is 0 Å². The standard InChI is InChI=1S/C20H30N4OS.HI/c1-5-18-14-24-19(26-18)11-13-23-20(21-3)22-12-10-15(2)16-6-8-17(25-4)9-7-16;/h6-9,14-15H,5,10-13H2,1-4H3,(H2,21,22,23);1H. The fraction of sp³-hybridized carbons (Fsp3) is 0.500. The molecule has 0 saturated heterocycles. The minimum Gasteiger partial charge on any atom is -0.497 e. The first-order valence-corrected chi connectivity index (χ1v) is 10.00. The summed E-state index contributed by atoms with van der Waals surface area (Å²) in [5.74, 6) is 2.23. The van der Waals surface area contributed by atoms with E-state index in [1.807, 2.05) is 18.3 Å². The maximum Gasteiger partial charge on any atom is 0.190 e. The summed E-state index contributed by atoms with van der Waals surface area (Å²) in [7, 11) is 3.50. The van der Waals surface area contributed by atoms with Crippen LogP contribution < -0.4 is 15.4 Å². The highest BCUT2D eigenvalue weighted by atomic mass is 127. The molecule has 0 radical (unpaired) electrons. The van der Waals surface area contributed by atoms with Crippen molar-refractivity contribution in [3.8, 4) is 5.75 Å². The Balaban J connectivity index is 0.00000364. The number of nitrogens with zero attached hydrogens (tertiary/aromatic N) is 2. The van der Waals surface area contributed by atoms with E-state index in [0.29, 0.717) is 5.92 Å². The summed E-state index contributed by atoms with van der Waals surface area (Å²) in [6.45, 7) is 6.12. The largest absolute Gasteiger partial charge is 0.497 e. The molecule has 1 aromatic heterocycles. The van der Waals surface area contributed by atoms with Crippen LogP contribution in [0.15, 0.2) is 35.5 Å². The number of ether oxygens (including phenoxy) is 1. The zero-order chi connectivity index (χ0) is 18.8. The Morgan fingerprint density at radius 3 is 2.52 bits per heavy atom. The number of aromatic nitrogens is 1. The molecule has 0 saturated carbocycles. The van der Waals surface area contributed by atoms with Crippen molar-refractivity contribution in [2.45, 2.75) is 39.0 Å². The lowest BCUT2D eigenvalue weighted by molar-refractivity contribution is 0.414. The van der Waals surface area contributed by atoms with Crippen LogP contribution in [0.5, 0.6) is 5.75 Å². The van der Waals surface area contributed by atoms with E-state index in [-0.39, 0.29) is 24.0 Å². The molecule has 7 heteroatoms. The Labute approximate surface area is 184 Å². The van der Waals surface area contributed by atoms with Gasteiger partial charge in [-0.1, -0.05) is 26.0 Å². The highest BCUT2D eigenvalue weighted by Crippen LogP contribution is 2.21. The molecule has 0 aliphatic rings. The zero-order valence-corrected chi connectivity index (χ0v) is 19.8. The molecule has 0 aliphatic heterocycles. The van der Waals surface area contributed by atoms with Crippen LogP contribution in [0.1, 0.15) is 41.6 Å². The van der Waals surface area contributed by atoms with Gasteiger partial charge in [0.25, 0.3) is 0 Å². The van der Waals surface area contributed by atoms with E-state index < -0.39 is 0 Å². The molecule has 2 N–H and O–H groups in total. The molecule has 150 valence electrons. The van der Waals surface area contributed by atoms with Crippen molar-refractivity contribution in [2.24, 2.45) is 4.99 Å². The molecule has 2 rings (SSSR count). The Bertz CT molecular complexity index is 688. The van der Waals surface area contributed by atoms with Crippen LogP contribution in [0.25, 0.3) is 0 Å². The lowest BCUT2D eigenvalue weighted by Crippen LogP contribution is -2.39. The first-order valence-electron chi connectivity index (χ1n) is 9.18. The zero-order valence-electron chi connectivity index (χ0n) is 16.6. The van der Waals surface area contributed by atoms with Crippen LogP contribution >= 0.6 is 35.3 Å². The number of guanidine groups is 1. The number of methoxy groups -OCH3 is 1. The van der Waals surface area contributed by atoms with Crippen molar-refractivity contribution >= 4 is 41.3 Å². The number of hydrogen-bond donors (Lipinski definition) is 2. The molecule has 27 heavy (non-hydrogen) atoms. The fourth-order valence-corrected chi connectivity index (χ4v) is 3.50. The third kappa shape index (κ3) is 8.04. The van der Waals surface area contributed by atoms with Crippen LogP contribution in [0.4, 0.5) is 0 Å². The van der Waals surface area contributed by atoms with E-state index in [1.54, 1.807) is 25.5 Å². The van der Waals surface area contributed by atoms with Gasteiger partial charge in [0.15, 0.2) is 5.96 Å². The van der Waals surface area contributed by atoms with Gasteiger partial charge in [0.1, 0.15) is 5.75 Å². The number of benzene rings is 1. The van der Waals surface area contributed by atoms with Gasteiger partial charge in [0.2, 0.25) is 0 Å². The van der Waals surface area contributed by atoms with E-state index >= 15 is 0 Å². The van der Waals surface area contributed by atoms with Crippen LogP contribution in [-0.2, 0) is 12.8 Å². The number of halogens is 1. The monoisotopic (exact) mass is 502 g/mol. The average molecular weight is 502 g/mol. The topological polar surface area (TPSA) is 58.5 Å². The van der Waals surface area contributed by atoms with Crippen molar-refractivity contribution < 1.29 is 4.74 Å². The summed E-state index contributed by atoms with van der Waals surface area (Å²) >= 11 is 1.79. The number of aryl methyl sites for hydroxylation is 1. The van der Waals surface area contributed by atoms with E-state index in [4.69, 9.17) is 4.74 Å². The molecule has 5 nitrogen and oxygen atoms in total. The Morgan fingerprint density at radius 2 is 1.93 bits per heavy atom. The highest BCUT2D eigenvalue weighted by molar-refractivity contribution is 14.0. The summed E-state index contributed by atoms with van der Waals surface area (Å²) in [5.41, 5.74) is 1.33. The maximum absolute atomic E-state index is 5.21. The van der Waals surface area contributed by atoms with Crippen molar-refractivity contribution in [1.29, 1.82) is 0 Å². The molecule has 1 aromatic carbocycles. The van der Waals surface area contributed by atoms with E-state index in [1.165, 1.54) is 15.4 Å². The summed E-state index contributed by atoms with van der Waals surface area (Å²) in [4.78, 5) is 10.1. The third-order valence-corrected chi connectivity index (χ3v) is 5.56. The second-order valence-electron chi connectivity index (χ2n) is 6.21. The predicted octanol–water partition coefficient (Wildman–Crippen LogP) is 4.23. The lowest BCUT2D eigenvalue weighted by Gasteiger charge is -2.15. The Hall–Kier alpha value is -1.35. The van der Waals surface area contributed by atoms with Crippen molar-refractivity contribution in [1.82, 2.24) is 15.6 Å². The van der Waals surface area contributed by atoms with Crippen molar-refractivity contribution in [2.75, 3.05) is 27.2 Å². The minimum atomic E-state index is 0. The maximum atomic E-state index is 5.21. The van der Waals surface area contributed by atoms with Crippen LogP contribution in [0, 0.1) is 0 Å². The molecule has 1 atom stereocenters. The minimum absolute atomic E-state index is 0. The van der Waals surface area contributed by atoms with Gasteiger partial charge in [-0.05, 0) is 36.5 Å². The molecule has 0 spiro atoms. The SMILES string of the molecule is CCc1cnc(CCNC(=NC)NCCC(C)c2ccc(OC)cc2)s1.I. The van der Waals surface area contributed by atoms with Gasteiger partial charge in [0.05, 0.1) is 12.1 Å². The van der Waals surface area contributed by atoms with Gasteiger partial charge in [-0.25, -0.2) is 4.98 Å². The van der Waals surface area contributed by atoms with Crippen molar-refractivity contribution in [3.63, 3.8) is 0 Å². The number of thiazole rings is 1. The molecular formula is C20H31IN4OS. The summed E-state index contributed by atoms with van der Waals surface area (Å²) < 4.78 is 5.21. The summed E-state index contributed by atoms with van der Waals surface area (Å²) in [5, 5.41) is 7.93. The number of hydrogen-bond acceptors (Lipinski definition) is 4. The second-order valence-corrected chi connectivity index (χ2v) is 7.41. The van der Waals surface area contributed by atoms with Crippen LogP contribution in [0.3, 0.4) is 0 Å². The highest BCUT2D eigenvalue weighted by Gasteiger charge is 2.07. The molecule has 1 unspecified atom stereocenters. The molecular weight excluding hydrogens is 471 g/mol. The molecule has 2 aromatic rings. The molecule has 0 fully saturated rings.